The second-order valence-corrected chi connectivity index (χ2v) is 4.52. The molecule has 1 rings (SSSR count). The maximum Gasteiger partial charge on any atom is 0.314 e. The minimum absolute atomic E-state index is 0.0323. The predicted molar refractivity (Wildman–Crippen MR) is 67.9 cm³/mol. The number of rotatable bonds is 6. The first-order valence-corrected chi connectivity index (χ1v) is 6.23. The summed E-state index contributed by atoms with van der Waals surface area (Å²) in [5.74, 6) is -0.700. The van der Waals surface area contributed by atoms with E-state index in [-0.39, 0.29) is 5.92 Å². The van der Waals surface area contributed by atoms with Crippen LogP contribution in [0.3, 0.4) is 0 Å². The lowest BCUT2D eigenvalue weighted by atomic mass is 9.68. The average molecular weight is 238 g/mol. The fraction of sp³-hybridized carbons (Fsp3) is 0.643. The zero-order valence-corrected chi connectivity index (χ0v) is 10.9. The first kappa shape index (κ1) is 14.0. The fourth-order valence-corrected chi connectivity index (χ4v) is 2.42. The molecule has 0 fully saturated rings. The van der Waals surface area contributed by atoms with Gasteiger partial charge >= 0.3 is 5.97 Å². The number of ether oxygens (including phenoxy) is 1. The van der Waals surface area contributed by atoms with Crippen molar-refractivity contribution in [3.8, 4) is 0 Å². The summed E-state index contributed by atoms with van der Waals surface area (Å²) in [6.07, 6.45) is 8.25. The highest BCUT2D eigenvalue weighted by Crippen LogP contribution is 2.41. The summed E-state index contributed by atoms with van der Waals surface area (Å²) in [5, 5.41) is 9.50. The lowest BCUT2D eigenvalue weighted by molar-refractivity contribution is -0.148. The molecule has 0 aromatic heterocycles. The molecule has 3 nitrogen and oxygen atoms in total. The minimum atomic E-state index is -0.753. The van der Waals surface area contributed by atoms with Crippen LogP contribution in [0.2, 0.25) is 0 Å². The third-order valence-electron chi connectivity index (χ3n) is 3.70. The zero-order chi connectivity index (χ0) is 12.9. The van der Waals surface area contributed by atoms with Gasteiger partial charge in [0, 0.05) is 13.7 Å². The second kappa shape index (κ2) is 6.01. The number of carboxylic acid groups (broad SMARTS) is 1. The first-order valence-electron chi connectivity index (χ1n) is 6.23. The summed E-state index contributed by atoms with van der Waals surface area (Å²) >= 11 is 0. The van der Waals surface area contributed by atoms with Gasteiger partial charge in [-0.2, -0.15) is 0 Å². The Bertz CT molecular complexity index is 330. The van der Waals surface area contributed by atoms with E-state index in [0.717, 1.165) is 12.8 Å². The van der Waals surface area contributed by atoms with E-state index >= 15 is 0 Å². The zero-order valence-electron chi connectivity index (χ0n) is 10.9. The lowest BCUT2D eigenvalue weighted by Gasteiger charge is -2.35. The number of methoxy groups -OCH3 is 1. The van der Waals surface area contributed by atoms with Gasteiger partial charge < -0.3 is 9.84 Å². The van der Waals surface area contributed by atoms with Gasteiger partial charge in [0.15, 0.2) is 0 Å². The van der Waals surface area contributed by atoms with Crippen LogP contribution in [0.1, 0.15) is 33.1 Å². The largest absolute Gasteiger partial charge is 0.481 e. The van der Waals surface area contributed by atoms with Crippen molar-refractivity contribution in [2.75, 3.05) is 13.7 Å². The van der Waals surface area contributed by atoms with Gasteiger partial charge in [0.05, 0.1) is 5.41 Å². The van der Waals surface area contributed by atoms with Crippen molar-refractivity contribution in [1.29, 1.82) is 0 Å². The van der Waals surface area contributed by atoms with Crippen molar-refractivity contribution in [3.05, 3.63) is 23.8 Å². The van der Waals surface area contributed by atoms with E-state index in [1.165, 1.54) is 5.57 Å². The molecule has 0 radical (unpaired) electrons. The number of carbonyl (C=O) groups is 1. The predicted octanol–water partition coefficient (Wildman–Crippen LogP) is 3.03. The van der Waals surface area contributed by atoms with Crippen molar-refractivity contribution < 1.29 is 14.6 Å². The number of hydrogen-bond acceptors (Lipinski definition) is 2. The van der Waals surface area contributed by atoms with E-state index in [0.29, 0.717) is 13.0 Å². The lowest BCUT2D eigenvalue weighted by Crippen LogP contribution is -2.37. The molecule has 1 aliphatic carbocycles. The fourth-order valence-electron chi connectivity index (χ4n) is 2.42. The Kier molecular flexibility index (Phi) is 4.94. The van der Waals surface area contributed by atoms with Crippen LogP contribution < -0.4 is 0 Å². The first-order chi connectivity index (χ1) is 8.10. The Balaban J connectivity index is 2.99. The Morgan fingerprint density at radius 3 is 2.71 bits per heavy atom. The maximum atomic E-state index is 11.6. The van der Waals surface area contributed by atoms with Crippen LogP contribution in [0.4, 0.5) is 0 Å². The van der Waals surface area contributed by atoms with Gasteiger partial charge in [0.25, 0.3) is 0 Å². The molecule has 96 valence electrons. The third kappa shape index (κ3) is 2.78. The summed E-state index contributed by atoms with van der Waals surface area (Å²) in [5.41, 5.74) is 0.466. The smallest absolute Gasteiger partial charge is 0.314 e. The highest BCUT2D eigenvalue weighted by atomic mass is 16.5. The Morgan fingerprint density at radius 1 is 1.53 bits per heavy atom. The molecule has 0 heterocycles. The van der Waals surface area contributed by atoms with E-state index in [1.807, 2.05) is 19.1 Å². The van der Waals surface area contributed by atoms with Crippen LogP contribution in [0.25, 0.3) is 0 Å². The van der Waals surface area contributed by atoms with E-state index in [4.69, 9.17) is 4.74 Å². The maximum absolute atomic E-state index is 11.6. The Morgan fingerprint density at radius 2 is 2.24 bits per heavy atom. The number of hydrogen-bond donors (Lipinski definition) is 1. The summed E-state index contributed by atoms with van der Waals surface area (Å²) < 4.78 is 5.08. The standard InChI is InChI=1S/C14H22O3/c1-4-11-6-8-14(5-2,13(15)16)12(10-11)7-9-17-3/h6,8,10,12H,4-5,7,9H2,1-3H3,(H,15,16). The molecule has 2 atom stereocenters. The molecule has 0 aromatic rings. The number of carboxylic acids is 1. The Labute approximate surface area is 103 Å². The molecule has 0 bridgehead atoms. The molecule has 0 saturated carbocycles. The van der Waals surface area contributed by atoms with Gasteiger partial charge in [-0.3, -0.25) is 4.79 Å². The highest BCUT2D eigenvalue weighted by Gasteiger charge is 2.42. The average Bonchev–Trinajstić information content (AvgIpc) is 2.35. The topological polar surface area (TPSA) is 46.5 Å². The normalized spacial score (nSPS) is 27.9. The number of allylic oxidation sites excluding steroid dienone is 3. The van der Waals surface area contributed by atoms with Crippen molar-refractivity contribution in [2.24, 2.45) is 11.3 Å². The molecule has 0 amide bonds. The van der Waals surface area contributed by atoms with Crippen LogP contribution in [0, 0.1) is 11.3 Å². The van der Waals surface area contributed by atoms with Gasteiger partial charge in [0.1, 0.15) is 0 Å². The summed E-state index contributed by atoms with van der Waals surface area (Å²) in [6.45, 7) is 4.62. The van der Waals surface area contributed by atoms with Crippen molar-refractivity contribution in [2.45, 2.75) is 33.1 Å². The van der Waals surface area contributed by atoms with Crippen LogP contribution in [-0.2, 0) is 9.53 Å². The van der Waals surface area contributed by atoms with Crippen molar-refractivity contribution >= 4 is 5.97 Å². The quantitative estimate of drug-likeness (QED) is 0.773. The molecule has 3 heteroatoms. The van der Waals surface area contributed by atoms with Crippen LogP contribution >= 0.6 is 0 Å². The van der Waals surface area contributed by atoms with Crippen LogP contribution in [0.5, 0.6) is 0 Å². The van der Waals surface area contributed by atoms with Gasteiger partial charge in [-0.25, -0.2) is 0 Å². The monoisotopic (exact) mass is 238 g/mol. The molecule has 1 aliphatic rings. The van der Waals surface area contributed by atoms with Gasteiger partial charge in [-0.1, -0.05) is 37.6 Å². The summed E-state index contributed by atoms with van der Waals surface area (Å²) in [4.78, 5) is 11.6. The van der Waals surface area contributed by atoms with Gasteiger partial charge in [-0.05, 0) is 25.2 Å². The number of aliphatic carboxylic acids is 1. The van der Waals surface area contributed by atoms with Gasteiger partial charge in [-0.15, -0.1) is 0 Å². The van der Waals surface area contributed by atoms with Gasteiger partial charge in [0.2, 0.25) is 0 Å². The second-order valence-electron chi connectivity index (χ2n) is 4.52. The van der Waals surface area contributed by atoms with Crippen LogP contribution in [-0.4, -0.2) is 24.8 Å². The third-order valence-corrected chi connectivity index (χ3v) is 3.70. The summed E-state index contributed by atoms with van der Waals surface area (Å²) in [7, 11) is 1.65. The van der Waals surface area contributed by atoms with E-state index in [1.54, 1.807) is 7.11 Å². The molecule has 1 N–H and O–H groups in total. The summed E-state index contributed by atoms with van der Waals surface area (Å²) in [6, 6.07) is 0. The molecule has 0 aromatic carbocycles. The molecule has 0 aliphatic heterocycles. The van der Waals surface area contributed by atoms with Crippen molar-refractivity contribution in [3.63, 3.8) is 0 Å². The molecule has 0 saturated heterocycles. The minimum Gasteiger partial charge on any atom is -0.481 e. The Hall–Kier alpha value is -1.09. The van der Waals surface area contributed by atoms with E-state index in [9.17, 15) is 9.90 Å². The van der Waals surface area contributed by atoms with E-state index in [2.05, 4.69) is 13.0 Å². The molecule has 0 spiro atoms. The highest BCUT2D eigenvalue weighted by molar-refractivity contribution is 5.78. The van der Waals surface area contributed by atoms with Crippen molar-refractivity contribution in [1.82, 2.24) is 0 Å². The molecule has 17 heavy (non-hydrogen) atoms. The molecule has 2 unspecified atom stereocenters. The molecular formula is C14H22O3. The van der Waals surface area contributed by atoms with E-state index < -0.39 is 11.4 Å². The molecular weight excluding hydrogens is 216 g/mol. The van der Waals surface area contributed by atoms with Crippen LogP contribution in [0.15, 0.2) is 23.8 Å². The SMILES string of the molecule is CCC1=CC(CCOC)C(CC)(C(=O)O)C=C1.